The number of hydrogen-bond donors (Lipinski definition) is 1. The van der Waals surface area contributed by atoms with E-state index in [1.54, 1.807) is 0 Å². The SMILES string of the molecule is CCc1nn(C)c(CC(CNC)c2ccc(F)cc2)c1Cl. The second kappa shape index (κ2) is 7.05. The van der Waals surface area contributed by atoms with Gasteiger partial charge >= 0.3 is 0 Å². The lowest BCUT2D eigenvalue weighted by Crippen LogP contribution is -2.20. The lowest BCUT2D eigenvalue weighted by atomic mass is 9.94. The number of aromatic nitrogens is 2. The smallest absolute Gasteiger partial charge is 0.123 e. The largest absolute Gasteiger partial charge is 0.319 e. The van der Waals surface area contributed by atoms with E-state index in [0.717, 1.165) is 41.4 Å². The Morgan fingerprint density at radius 1 is 1.33 bits per heavy atom. The lowest BCUT2D eigenvalue weighted by molar-refractivity contribution is 0.586. The molecule has 2 aromatic rings. The van der Waals surface area contributed by atoms with E-state index < -0.39 is 0 Å². The van der Waals surface area contributed by atoms with Crippen LogP contribution in [0.1, 0.15) is 29.8 Å². The molecule has 0 bridgehead atoms. The van der Waals surface area contributed by atoms with E-state index in [-0.39, 0.29) is 11.7 Å². The average Bonchev–Trinajstić information content (AvgIpc) is 2.75. The minimum atomic E-state index is -0.214. The van der Waals surface area contributed by atoms with Crippen molar-refractivity contribution in [2.75, 3.05) is 13.6 Å². The molecule has 0 aliphatic heterocycles. The number of hydrogen-bond acceptors (Lipinski definition) is 2. The van der Waals surface area contributed by atoms with Crippen LogP contribution in [0.2, 0.25) is 5.02 Å². The van der Waals surface area contributed by atoms with E-state index in [0.29, 0.717) is 0 Å². The highest BCUT2D eigenvalue weighted by Gasteiger charge is 2.19. The molecule has 1 aromatic carbocycles. The molecule has 0 fully saturated rings. The van der Waals surface area contributed by atoms with Gasteiger partial charge in [0.05, 0.1) is 16.4 Å². The van der Waals surface area contributed by atoms with Crippen molar-refractivity contribution < 1.29 is 4.39 Å². The summed E-state index contributed by atoms with van der Waals surface area (Å²) in [6.45, 7) is 2.84. The molecule has 3 nitrogen and oxygen atoms in total. The van der Waals surface area contributed by atoms with Crippen molar-refractivity contribution in [3.05, 3.63) is 52.1 Å². The molecule has 2 rings (SSSR count). The van der Waals surface area contributed by atoms with Crippen LogP contribution >= 0.6 is 11.6 Å². The summed E-state index contributed by atoms with van der Waals surface area (Å²) in [7, 11) is 3.83. The Balaban J connectivity index is 2.28. The normalized spacial score (nSPS) is 12.6. The topological polar surface area (TPSA) is 29.9 Å². The van der Waals surface area contributed by atoms with Gasteiger partial charge in [0.2, 0.25) is 0 Å². The Bertz CT molecular complexity index is 592. The molecule has 1 heterocycles. The Hall–Kier alpha value is -1.39. The number of nitrogens with zero attached hydrogens (tertiary/aromatic N) is 2. The van der Waals surface area contributed by atoms with Crippen molar-refractivity contribution in [1.29, 1.82) is 0 Å². The van der Waals surface area contributed by atoms with Crippen LogP contribution in [-0.4, -0.2) is 23.4 Å². The van der Waals surface area contributed by atoms with Crippen molar-refractivity contribution >= 4 is 11.6 Å². The minimum Gasteiger partial charge on any atom is -0.319 e. The van der Waals surface area contributed by atoms with Gasteiger partial charge in [-0.1, -0.05) is 30.7 Å². The maximum atomic E-state index is 13.1. The van der Waals surface area contributed by atoms with Gasteiger partial charge in [-0.15, -0.1) is 0 Å². The first-order valence-corrected chi connectivity index (χ1v) is 7.54. The van der Waals surface area contributed by atoms with E-state index >= 15 is 0 Å². The van der Waals surface area contributed by atoms with Crippen molar-refractivity contribution in [3.8, 4) is 0 Å². The molecule has 5 heteroatoms. The summed E-state index contributed by atoms with van der Waals surface area (Å²) in [5, 5.41) is 8.40. The average molecular weight is 310 g/mol. The summed E-state index contributed by atoms with van der Waals surface area (Å²) in [6, 6.07) is 6.67. The molecule has 0 saturated carbocycles. The fourth-order valence-corrected chi connectivity index (χ4v) is 2.94. The predicted molar refractivity (Wildman–Crippen MR) is 84.4 cm³/mol. The van der Waals surface area contributed by atoms with Crippen LogP contribution in [0.3, 0.4) is 0 Å². The molecule has 1 unspecified atom stereocenters. The zero-order chi connectivity index (χ0) is 15.4. The molecule has 0 radical (unpaired) electrons. The zero-order valence-electron chi connectivity index (χ0n) is 12.7. The molecule has 0 aliphatic rings. The summed E-state index contributed by atoms with van der Waals surface area (Å²) in [5.41, 5.74) is 3.05. The first-order valence-electron chi connectivity index (χ1n) is 7.17. The van der Waals surface area contributed by atoms with Gasteiger partial charge in [0.1, 0.15) is 5.82 Å². The molecule has 0 spiro atoms. The molecule has 1 aromatic heterocycles. The predicted octanol–water partition coefficient (Wildman–Crippen LogP) is 3.32. The molecule has 0 saturated heterocycles. The quantitative estimate of drug-likeness (QED) is 0.887. The maximum Gasteiger partial charge on any atom is 0.123 e. The van der Waals surface area contributed by atoms with Gasteiger partial charge in [-0.05, 0) is 37.6 Å². The summed E-state index contributed by atoms with van der Waals surface area (Å²) in [5.74, 6) is 0.0157. The van der Waals surface area contributed by atoms with Gasteiger partial charge in [0.15, 0.2) is 0 Å². The van der Waals surface area contributed by atoms with Gasteiger partial charge < -0.3 is 5.32 Å². The second-order valence-electron chi connectivity index (χ2n) is 5.19. The molecule has 1 atom stereocenters. The Labute approximate surface area is 130 Å². The summed E-state index contributed by atoms with van der Waals surface area (Å²) < 4.78 is 14.9. The van der Waals surface area contributed by atoms with Crippen LogP contribution < -0.4 is 5.32 Å². The first-order chi connectivity index (χ1) is 10.1. The fourth-order valence-electron chi connectivity index (χ4n) is 2.56. The number of likely N-dealkylation sites (N-methyl/N-ethyl adjacent to an activating group) is 1. The van der Waals surface area contributed by atoms with Gasteiger partial charge in [-0.3, -0.25) is 4.68 Å². The number of rotatable bonds is 6. The number of halogens is 2. The monoisotopic (exact) mass is 309 g/mol. The van der Waals surface area contributed by atoms with Crippen molar-refractivity contribution in [2.24, 2.45) is 7.05 Å². The van der Waals surface area contributed by atoms with E-state index in [1.807, 2.05) is 37.8 Å². The maximum absolute atomic E-state index is 13.1. The van der Waals surface area contributed by atoms with Crippen LogP contribution in [0.15, 0.2) is 24.3 Å². The van der Waals surface area contributed by atoms with Gasteiger partial charge in [-0.2, -0.15) is 5.10 Å². The lowest BCUT2D eigenvalue weighted by Gasteiger charge is -2.17. The number of aryl methyl sites for hydroxylation is 2. The van der Waals surface area contributed by atoms with Crippen LogP contribution in [0.5, 0.6) is 0 Å². The Morgan fingerprint density at radius 2 is 2.00 bits per heavy atom. The van der Waals surface area contributed by atoms with Crippen molar-refractivity contribution in [1.82, 2.24) is 15.1 Å². The highest BCUT2D eigenvalue weighted by Crippen LogP contribution is 2.27. The second-order valence-corrected chi connectivity index (χ2v) is 5.57. The van der Waals surface area contributed by atoms with E-state index in [1.165, 1.54) is 12.1 Å². The van der Waals surface area contributed by atoms with Crippen LogP contribution in [-0.2, 0) is 19.9 Å². The minimum absolute atomic E-state index is 0.214. The third kappa shape index (κ3) is 3.63. The highest BCUT2D eigenvalue weighted by molar-refractivity contribution is 6.31. The Morgan fingerprint density at radius 3 is 2.52 bits per heavy atom. The third-order valence-electron chi connectivity index (χ3n) is 3.73. The standard InChI is InChI=1S/C16H21ClFN3/c1-4-14-16(17)15(21(3)20-14)9-12(10-19-2)11-5-7-13(18)8-6-11/h5-8,12,19H,4,9-10H2,1-3H3. The Kier molecular flexibility index (Phi) is 5.37. The molecular formula is C16H21ClFN3. The summed E-state index contributed by atoms with van der Waals surface area (Å²) in [6.07, 6.45) is 1.59. The van der Waals surface area contributed by atoms with Gasteiger partial charge in [-0.25, -0.2) is 4.39 Å². The van der Waals surface area contributed by atoms with E-state index in [4.69, 9.17) is 11.6 Å². The van der Waals surface area contributed by atoms with Crippen LogP contribution in [0.4, 0.5) is 4.39 Å². The highest BCUT2D eigenvalue weighted by atomic mass is 35.5. The number of benzene rings is 1. The zero-order valence-corrected chi connectivity index (χ0v) is 13.4. The first kappa shape index (κ1) is 16.0. The van der Waals surface area contributed by atoms with Crippen LogP contribution in [0, 0.1) is 5.82 Å². The molecule has 0 amide bonds. The summed E-state index contributed by atoms with van der Waals surface area (Å²) in [4.78, 5) is 0. The van der Waals surface area contributed by atoms with Gasteiger partial charge in [0, 0.05) is 19.5 Å². The fraction of sp³-hybridized carbons (Fsp3) is 0.438. The summed E-state index contributed by atoms with van der Waals surface area (Å²) >= 11 is 6.42. The third-order valence-corrected chi connectivity index (χ3v) is 4.17. The molecule has 0 aliphatic carbocycles. The molecular weight excluding hydrogens is 289 g/mol. The molecule has 21 heavy (non-hydrogen) atoms. The van der Waals surface area contributed by atoms with Crippen LogP contribution in [0.25, 0.3) is 0 Å². The molecule has 114 valence electrons. The van der Waals surface area contributed by atoms with Crippen molar-refractivity contribution in [2.45, 2.75) is 25.7 Å². The van der Waals surface area contributed by atoms with Gasteiger partial charge in [0.25, 0.3) is 0 Å². The van der Waals surface area contributed by atoms with E-state index in [2.05, 4.69) is 10.4 Å². The van der Waals surface area contributed by atoms with Crippen molar-refractivity contribution in [3.63, 3.8) is 0 Å². The van der Waals surface area contributed by atoms with E-state index in [9.17, 15) is 4.39 Å². The molecule has 1 N–H and O–H groups in total. The number of nitrogens with one attached hydrogen (secondary N) is 1.